The first-order valence-electron chi connectivity index (χ1n) is 8.95. The second-order valence-electron chi connectivity index (χ2n) is 6.19. The number of anilines is 3. The van der Waals surface area contributed by atoms with Crippen molar-refractivity contribution in [1.82, 2.24) is 9.97 Å². The molecule has 2 N–H and O–H groups in total. The van der Waals surface area contributed by atoms with Gasteiger partial charge >= 0.3 is 0 Å². The molecule has 4 nitrogen and oxygen atoms in total. The van der Waals surface area contributed by atoms with Gasteiger partial charge in [-0.05, 0) is 56.2 Å². The summed E-state index contributed by atoms with van der Waals surface area (Å²) in [6.07, 6.45) is 11.5. The van der Waals surface area contributed by atoms with Crippen LogP contribution < -0.4 is 10.6 Å². The Morgan fingerprint density at radius 3 is 2.88 bits per heavy atom. The molecule has 0 fully saturated rings. The summed E-state index contributed by atoms with van der Waals surface area (Å²) >= 11 is 0. The van der Waals surface area contributed by atoms with Gasteiger partial charge in [0, 0.05) is 18.4 Å². The number of nitrogens with zero attached hydrogens (tertiary/aromatic N) is 2. The van der Waals surface area contributed by atoms with Gasteiger partial charge < -0.3 is 10.6 Å². The predicted octanol–water partition coefficient (Wildman–Crippen LogP) is 5.09. The fourth-order valence-electron chi connectivity index (χ4n) is 3.07. The Hall–Kier alpha value is -2.36. The number of aryl methyl sites for hydroxylation is 1. The molecule has 0 saturated heterocycles. The lowest BCUT2D eigenvalue weighted by atomic mass is 9.97. The first-order chi connectivity index (χ1) is 11.8. The van der Waals surface area contributed by atoms with E-state index < -0.39 is 0 Å². The predicted molar refractivity (Wildman–Crippen MR) is 101 cm³/mol. The summed E-state index contributed by atoms with van der Waals surface area (Å²) in [4.78, 5) is 8.91. The lowest BCUT2D eigenvalue weighted by Crippen LogP contribution is -2.07. The molecule has 126 valence electrons. The van der Waals surface area contributed by atoms with E-state index in [-0.39, 0.29) is 0 Å². The number of allylic oxidation sites excluding steroid dienone is 1. The molecular weight excluding hydrogens is 296 g/mol. The molecule has 0 atom stereocenters. The fourth-order valence-corrected chi connectivity index (χ4v) is 3.07. The molecule has 1 aliphatic carbocycles. The standard InChI is InChI=1S/C20H26N4/c1-2-17-10-6-7-11-18(17)23-20-22-15-13-19(24-20)21-14-12-16-8-4-3-5-9-16/h6-8,10-11,13,15H,2-5,9,12,14H2,1H3,(H2,21,22,23,24). The van der Waals surface area contributed by atoms with Crippen molar-refractivity contribution in [1.29, 1.82) is 0 Å². The molecule has 4 heteroatoms. The number of aromatic nitrogens is 2. The molecule has 24 heavy (non-hydrogen) atoms. The molecule has 0 unspecified atom stereocenters. The lowest BCUT2D eigenvalue weighted by molar-refractivity contribution is 0.679. The van der Waals surface area contributed by atoms with Crippen LogP contribution in [0.25, 0.3) is 0 Å². The van der Waals surface area contributed by atoms with Crippen molar-refractivity contribution in [3.05, 3.63) is 53.7 Å². The molecule has 0 aliphatic heterocycles. The van der Waals surface area contributed by atoms with E-state index >= 15 is 0 Å². The molecule has 1 heterocycles. The van der Waals surface area contributed by atoms with Gasteiger partial charge in [-0.1, -0.05) is 36.8 Å². The number of para-hydroxylation sites is 1. The number of hydrogen-bond donors (Lipinski definition) is 2. The van der Waals surface area contributed by atoms with Crippen LogP contribution in [0, 0.1) is 0 Å². The Balaban J connectivity index is 1.58. The minimum absolute atomic E-state index is 0.637. The zero-order valence-electron chi connectivity index (χ0n) is 14.4. The van der Waals surface area contributed by atoms with Gasteiger partial charge in [0.05, 0.1) is 0 Å². The second kappa shape index (κ2) is 8.48. The number of nitrogens with one attached hydrogen (secondary N) is 2. The van der Waals surface area contributed by atoms with Crippen LogP contribution in [0.2, 0.25) is 0 Å². The van der Waals surface area contributed by atoms with Gasteiger partial charge in [0.1, 0.15) is 5.82 Å². The van der Waals surface area contributed by atoms with E-state index in [9.17, 15) is 0 Å². The topological polar surface area (TPSA) is 49.8 Å². The first-order valence-corrected chi connectivity index (χ1v) is 8.95. The molecule has 0 saturated carbocycles. The number of rotatable bonds is 7. The minimum atomic E-state index is 0.637. The van der Waals surface area contributed by atoms with Crippen LogP contribution in [0.4, 0.5) is 17.5 Å². The third-order valence-corrected chi connectivity index (χ3v) is 4.44. The summed E-state index contributed by atoms with van der Waals surface area (Å²) in [7, 11) is 0. The second-order valence-corrected chi connectivity index (χ2v) is 6.19. The minimum Gasteiger partial charge on any atom is -0.370 e. The normalized spacial score (nSPS) is 14.1. The maximum atomic E-state index is 4.57. The summed E-state index contributed by atoms with van der Waals surface area (Å²) < 4.78 is 0. The highest BCUT2D eigenvalue weighted by Gasteiger charge is 2.05. The fraction of sp³-hybridized carbons (Fsp3) is 0.400. The Labute approximate surface area is 144 Å². The van der Waals surface area contributed by atoms with E-state index in [2.05, 4.69) is 51.8 Å². The summed E-state index contributed by atoms with van der Waals surface area (Å²) in [6, 6.07) is 10.2. The molecule has 3 rings (SSSR count). The number of benzene rings is 1. The molecule has 1 aromatic carbocycles. The van der Waals surface area contributed by atoms with Crippen molar-refractivity contribution in [2.75, 3.05) is 17.2 Å². The summed E-state index contributed by atoms with van der Waals surface area (Å²) in [5.41, 5.74) is 3.92. The maximum Gasteiger partial charge on any atom is 0.229 e. The molecule has 1 aromatic heterocycles. The van der Waals surface area contributed by atoms with E-state index in [1.807, 2.05) is 12.1 Å². The van der Waals surface area contributed by atoms with E-state index in [0.29, 0.717) is 5.95 Å². The highest BCUT2D eigenvalue weighted by molar-refractivity contribution is 5.59. The molecule has 0 bridgehead atoms. The summed E-state index contributed by atoms with van der Waals surface area (Å²) in [6.45, 7) is 3.08. The third kappa shape index (κ3) is 4.57. The molecule has 2 aromatic rings. The number of hydrogen-bond acceptors (Lipinski definition) is 4. The van der Waals surface area contributed by atoms with Crippen LogP contribution in [0.1, 0.15) is 44.6 Å². The van der Waals surface area contributed by atoms with Gasteiger partial charge in [-0.3, -0.25) is 0 Å². The van der Waals surface area contributed by atoms with Crippen LogP contribution >= 0.6 is 0 Å². The Bertz CT molecular complexity index is 694. The Kier molecular flexibility index (Phi) is 5.83. The first kappa shape index (κ1) is 16.5. The van der Waals surface area contributed by atoms with Crippen molar-refractivity contribution >= 4 is 17.5 Å². The monoisotopic (exact) mass is 322 g/mol. The van der Waals surface area contributed by atoms with Crippen LogP contribution in [0.3, 0.4) is 0 Å². The third-order valence-electron chi connectivity index (χ3n) is 4.44. The van der Waals surface area contributed by atoms with Crippen LogP contribution in [-0.4, -0.2) is 16.5 Å². The highest BCUT2D eigenvalue weighted by Crippen LogP contribution is 2.21. The smallest absolute Gasteiger partial charge is 0.229 e. The SMILES string of the molecule is CCc1ccccc1Nc1nccc(NCCC2=CCCCC2)n1. The van der Waals surface area contributed by atoms with E-state index in [4.69, 9.17) is 0 Å². The Morgan fingerprint density at radius 1 is 1.12 bits per heavy atom. The van der Waals surface area contributed by atoms with Crippen molar-refractivity contribution in [3.63, 3.8) is 0 Å². The van der Waals surface area contributed by atoms with E-state index in [1.165, 1.54) is 31.2 Å². The summed E-state index contributed by atoms with van der Waals surface area (Å²) in [5.74, 6) is 1.51. The highest BCUT2D eigenvalue weighted by atomic mass is 15.1. The van der Waals surface area contributed by atoms with Gasteiger partial charge in [-0.25, -0.2) is 4.98 Å². The summed E-state index contributed by atoms with van der Waals surface area (Å²) in [5, 5.41) is 6.74. The van der Waals surface area contributed by atoms with Gasteiger partial charge in [-0.15, -0.1) is 0 Å². The van der Waals surface area contributed by atoms with Crippen molar-refractivity contribution in [2.24, 2.45) is 0 Å². The van der Waals surface area contributed by atoms with Gasteiger partial charge in [0.15, 0.2) is 0 Å². The van der Waals surface area contributed by atoms with Crippen LogP contribution in [0.5, 0.6) is 0 Å². The van der Waals surface area contributed by atoms with E-state index in [1.54, 1.807) is 11.8 Å². The van der Waals surface area contributed by atoms with Gasteiger partial charge in [-0.2, -0.15) is 4.98 Å². The average molecular weight is 322 g/mol. The van der Waals surface area contributed by atoms with Crippen LogP contribution in [0.15, 0.2) is 48.2 Å². The van der Waals surface area contributed by atoms with Gasteiger partial charge in [0.2, 0.25) is 5.95 Å². The molecule has 0 amide bonds. The largest absolute Gasteiger partial charge is 0.370 e. The quantitative estimate of drug-likeness (QED) is 0.698. The van der Waals surface area contributed by atoms with Crippen molar-refractivity contribution in [3.8, 4) is 0 Å². The molecule has 0 spiro atoms. The van der Waals surface area contributed by atoms with Crippen molar-refractivity contribution < 1.29 is 0 Å². The maximum absolute atomic E-state index is 4.57. The molecular formula is C20H26N4. The molecule has 1 aliphatic rings. The zero-order valence-corrected chi connectivity index (χ0v) is 14.4. The van der Waals surface area contributed by atoms with Crippen molar-refractivity contribution in [2.45, 2.75) is 45.4 Å². The zero-order chi connectivity index (χ0) is 16.6. The van der Waals surface area contributed by atoms with E-state index in [0.717, 1.165) is 30.9 Å². The van der Waals surface area contributed by atoms with Crippen LogP contribution in [-0.2, 0) is 6.42 Å². The average Bonchev–Trinajstić information content (AvgIpc) is 2.63. The lowest BCUT2D eigenvalue weighted by Gasteiger charge is -2.14. The molecule has 0 radical (unpaired) electrons. The Morgan fingerprint density at radius 2 is 2.04 bits per heavy atom. The van der Waals surface area contributed by atoms with Gasteiger partial charge in [0.25, 0.3) is 0 Å².